The summed E-state index contributed by atoms with van der Waals surface area (Å²) in [6, 6.07) is 3.84. The lowest BCUT2D eigenvalue weighted by Gasteiger charge is -2.21. The van der Waals surface area contributed by atoms with Gasteiger partial charge >= 0.3 is 0 Å². The monoisotopic (exact) mass is 306 g/mol. The minimum atomic E-state index is -0.241. The van der Waals surface area contributed by atoms with Crippen LogP contribution in [-0.4, -0.2) is 26.4 Å². The number of amides is 1. The number of carbonyl (C=O) groups excluding carboxylic acids is 2. The Bertz CT molecular complexity index is 718. The van der Waals surface area contributed by atoms with E-state index in [2.05, 4.69) is 10.1 Å². The Balaban J connectivity index is 2.12. The van der Waals surface area contributed by atoms with Crippen molar-refractivity contribution in [1.82, 2.24) is 9.55 Å². The van der Waals surface area contributed by atoms with Crippen LogP contribution in [0.4, 0.5) is 5.82 Å². The van der Waals surface area contributed by atoms with E-state index in [1.54, 1.807) is 0 Å². The SMILES string of the molecule is CC(=O)N1N=C(c2cccs2)Sc2c1ncn2C(C)=O. The molecule has 0 saturated carbocycles. The summed E-state index contributed by atoms with van der Waals surface area (Å²) in [6.45, 7) is 2.87. The normalized spacial score (nSPS) is 13.9. The third-order valence-electron chi connectivity index (χ3n) is 2.66. The molecule has 1 aliphatic heterocycles. The van der Waals surface area contributed by atoms with Gasteiger partial charge in [-0.1, -0.05) is 6.07 Å². The van der Waals surface area contributed by atoms with Gasteiger partial charge in [0.2, 0.25) is 11.8 Å². The first-order chi connectivity index (χ1) is 9.58. The minimum Gasteiger partial charge on any atom is -0.274 e. The van der Waals surface area contributed by atoms with E-state index in [0.717, 1.165) is 4.88 Å². The van der Waals surface area contributed by atoms with Gasteiger partial charge in [-0.15, -0.1) is 11.3 Å². The summed E-state index contributed by atoms with van der Waals surface area (Å²) in [5, 5.41) is 8.80. The van der Waals surface area contributed by atoms with Crippen molar-refractivity contribution >= 4 is 45.8 Å². The van der Waals surface area contributed by atoms with Crippen molar-refractivity contribution in [3.05, 3.63) is 28.7 Å². The molecule has 3 heterocycles. The number of anilines is 1. The van der Waals surface area contributed by atoms with Gasteiger partial charge in [0.1, 0.15) is 16.4 Å². The van der Waals surface area contributed by atoms with Gasteiger partial charge in [0.05, 0.1) is 4.88 Å². The number of hydrazone groups is 1. The number of nitrogens with zero attached hydrogens (tertiary/aromatic N) is 4. The van der Waals surface area contributed by atoms with Crippen molar-refractivity contribution in [2.75, 3.05) is 5.01 Å². The molecule has 0 saturated heterocycles. The molecule has 1 aliphatic rings. The molecule has 2 aromatic rings. The number of rotatable bonds is 1. The molecule has 0 aromatic carbocycles. The third-order valence-corrected chi connectivity index (χ3v) is 4.73. The zero-order valence-electron chi connectivity index (χ0n) is 10.7. The van der Waals surface area contributed by atoms with Gasteiger partial charge in [-0.2, -0.15) is 10.1 Å². The lowest BCUT2D eigenvalue weighted by atomic mass is 10.5. The number of imidazole rings is 1. The fourth-order valence-corrected chi connectivity index (χ4v) is 3.61. The van der Waals surface area contributed by atoms with Gasteiger partial charge in [0.15, 0.2) is 5.82 Å². The predicted octanol–water partition coefficient (Wildman–Crippen LogP) is 2.43. The van der Waals surface area contributed by atoms with Crippen molar-refractivity contribution < 1.29 is 9.59 Å². The van der Waals surface area contributed by atoms with Crippen LogP contribution < -0.4 is 5.01 Å². The van der Waals surface area contributed by atoms with E-state index in [-0.39, 0.29) is 11.8 Å². The molecule has 3 rings (SSSR count). The van der Waals surface area contributed by atoms with Gasteiger partial charge in [0, 0.05) is 13.8 Å². The quantitative estimate of drug-likeness (QED) is 0.811. The van der Waals surface area contributed by atoms with Crippen molar-refractivity contribution in [1.29, 1.82) is 0 Å². The number of thiophene rings is 1. The molecular formula is C12H10N4O2S2. The molecule has 0 unspecified atom stereocenters. The van der Waals surface area contributed by atoms with Gasteiger partial charge in [0.25, 0.3) is 0 Å². The predicted molar refractivity (Wildman–Crippen MR) is 78.4 cm³/mol. The van der Waals surface area contributed by atoms with Crippen molar-refractivity contribution in [2.24, 2.45) is 5.10 Å². The molecule has 0 spiro atoms. The fraction of sp³-hybridized carbons (Fsp3) is 0.167. The largest absolute Gasteiger partial charge is 0.274 e. The Morgan fingerprint density at radius 1 is 1.25 bits per heavy atom. The molecule has 0 N–H and O–H groups in total. The highest BCUT2D eigenvalue weighted by Crippen LogP contribution is 2.37. The summed E-state index contributed by atoms with van der Waals surface area (Å²) < 4.78 is 1.43. The lowest BCUT2D eigenvalue weighted by Crippen LogP contribution is -2.27. The first-order valence-corrected chi connectivity index (χ1v) is 7.47. The average molecular weight is 306 g/mol. The highest BCUT2D eigenvalue weighted by Gasteiger charge is 2.29. The molecule has 8 heteroatoms. The molecule has 0 bridgehead atoms. The fourth-order valence-electron chi connectivity index (χ4n) is 1.76. The Kier molecular flexibility index (Phi) is 3.19. The molecular weight excluding hydrogens is 296 g/mol. The number of hydrogen-bond donors (Lipinski definition) is 0. The number of hydrogen-bond acceptors (Lipinski definition) is 6. The van der Waals surface area contributed by atoms with Crippen LogP contribution >= 0.6 is 23.1 Å². The molecule has 0 fully saturated rings. The van der Waals surface area contributed by atoms with Crippen LogP contribution in [0.5, 0.6) is 0 Å². The van der Waals surface area contributed by atoms with Crippen LogP contribution in [0.3, 0.4) is 0 Å². The van der Waals surface area contributed by atoms with E-state index in [1.807, 2.05) is 17.5 Å². The maximum absolute atomic E-state index is 11.7. The molecule has 0 radical (unpaired) electrons. The van der Waals surface area contributed by atoms with E-state index in [0.29, 0.717) is 15.9 Å². The van der Waals surface area contributed by atoms with Crippen LogP contribution in [0.15, 0.2) is 34.0 Å². The van der Waals surface area contributed by atoms with Crippen LogP contribution in [0.25, 0.3) is 0 Å². The number of fused-ring (bicyclic) bond motifs is 1. The van der Waals surface area contributed by atoms with Gasteiger partial charge < -0.3 is 0 Å². The Labute approximate surface area is 123 Å². The van der Waals surface area contributed by atoms with Crippen LogP contribution in [0, 0.1) is 0 Å². The zero-order chi connectivity index (χ0) is 14.3. The second-order valence-electron chi connectivity index (χ2n) is 4.08. The van der Waals surface area contributed by atoms with Crippen LogP contribution in [-0.2, 0) is 4.79 Å². The first kappa shape index (κ1) is 13.1. The molecule has 20 heavy (non-hydrogen) atoms. The summed E-state index contributed by atoms with van der Waals surface area (Å²) in [7, 11) is 0. The van der Waals surface area contributed by atoms with E-state index in [9.17, 15) is 9.59 Å². The third kappa shape index (κ3) is 2.06. The Hall–Kier alpha value is -1.93. The smallest absolute Gasteiger partial charge is 0.245 e. The topological polar surface area (TPSA) is 67.6 Å². The number of carbonyl (C=O) groups is 2. The van der Waals surface area contributed by atoms with E-state index in [1.165, 1.54) is 52.8 Å². The van der Waals surface area contributed by atoms with E-state index < -0.39 is 0 Å². The lowest BCUT2D eigenvalue weighted by molar-refractivity contribution is -0.116. The average Bonchev–Trinajstić information content (AvgIpc) is 3.06. The van der Waals surface area contributed by atoms with Crippen molar-refractivity contribution in [3.8, 4) is 0 Å². The molecule has 1 amide bonds. The Morgan fingerprint density at radius 2 is 2.05 bits per heavy atom. The van der Waals surface area contributed by atoms with Gasteiger partial charge in [-0.25, -0.2) is 4.98 Å². The standard InChI is InChI=1S/C12H10N4O2S2/c1-7(17)15-6-13-10-12(15)20-11(9-4-3-5-19-9)14-16(10)8(2)18/h3-6H,1-2H3. The van der Waals surface area contributed by atoms with Crippen molar-refractivity contribution in [3.63, 3.8) is 0 Å². The summed E-state index contributed by atoms with van der Waals surface area (Å²) in [6.07, 6.45) is 1.42. The highest BCUT2D eigenvalue weighted by molar-refractivity contribution is 8.14. The maximum atomic E-state index is 11.7. The second kappa shape index (κ2) is 4.88. The molecule has 0 atom stereocenters. The molecule has 102 valence electrons. The minimum absolute atomic E-state index is 0.151. The van der Waals surface area contributed by atoms with Gasteiger partial charge in [-0.05, 0) is 23.2 Å². The first-order valence-electron chi connectivity index (χ1n) is 5.77. The second-order valence-corrected chi connectivity index (χ2v) is 6.00. The molecule has 0 aliphatic carbocycles. The van der Waals surface area contributed by atoms with Crippen LogP contribution in [0.2, 0.25) is 0 Å². The summed E-state index contributed by atoms with van der Waals surface area (Å²) in [5.41, 5.74) is 0. The maximum Gasteiger partial charge on any atom is 0.245 e. The van der Waals surface area contributed by atoms with Crippen molar-refractivity contribution in [2.45, 2.75) is 18.9 Å². The highest BCUT2D eigenvalue weighted by atomic mass is 32.2. The summed E-state index contributed by atoms with van der Waals surface area (Å²) in [4.78, 5) is 28.4. The number of aromatic nitrogens is 2. The molecule has 6 nitrogen and oxygen atoms in total. The summed E-state index contributed by atoms with van der Waals surface area (Å²) >= 11 is 2.87. The van der Waals surface area contributed by atoms with Gasteiger partial charge in [-0.3, -0.25) is 14.2 Å². The summed E-state index contributed by atoms with van der Waals surface area (Å²) in [5.74, 6) is 0.00889. The Morgan fingerprint density at radius 3 is 2.65 bits per heavy atom. The molecule has 2 aromatic heterocycles. The van der Waals surface area contributed by atoms with E-state index >= 15 is 0 Å². The van der Waals surface area contributed by atoms with Crippen LogP contribution in [0.1, 0.15) is 23.5 Å². The zero-order valence-corrected chi connectivity index (χ0v) is 12.4. The number of thioether (sulfide) groups is 1. The van der Waals surface area contributed by atoms with E-state index in [4.69, 9.17) is 0 Å².